The van der Waals surface area contributed by atoms with Crippen LogP contribution in [-0.2, 0) is 19.6 Å². The van der Waals surface area contributed by atoms with Gasteiger partial charge < -0.3 is 10.1 Å². The first-order valence-corrected chi connectivity index (χ1v) is 9.31. The van der Waals surface area contributed by atoms with E-state index in [-0.39, 0.29) is 10.5 Å². The number of nitriles is 1. The van der Waals surface area contributed by atoms with Crippen molar-refractivity contribution in [1.82, 2.24) is 4.72 Å². The number of nitrogens with zero attached hydrogens (tertiary/aromatic N) is 1. The molecule has 0 fully saturated rings. The summed E-state index contributed by atoms with van der Waals surface area (Å²) < 4.78 is 30.9. The van der Waals surface area contributed by atoms with Gasteiger partial charge >= 0.3 is 5.97 Å². The van der Waals surface area contributed by atoms with Crippen LogP contribution in [0.15, 0.2) is 53.4 Å². The molecule has 0 aromatic heterocycles. The molecular formula is C18H17N3O5S. The Morgan fingerprint density at radius 2 is 1.85 bits per heavy atom. The van der Waals surface area contributed by atoms with Gasteiger partial charge in [0.1, 0.15) is 0 Å². The zero-order valence-corrected chi connectivity index (χ0v) is 15.4. The van der Waals surface area contributed by atoms with Crippen LogP contribution < -0.4 is 10.0 Å². The number of hydrogen-bond donors (Lipinski definition) is 2. The summed E-state index contributed by atoms with van der Waals surface area (Å²) in [7, 11) is -2.45. The number of esters is 1. The van der Waals surface area contributed by atoms with Crippen molar-refractivity contribution < 1.29 is 22.7 Å². The van der Waals surface area contributed by atoms with Gasteiger partial charge in [-0.05, 0) is 50.4 Å². The Hall–Kier alpha value is -3.22. The molecule has 1 unspecified atom stereocenters. The normalized spacial score (nSPS) is 11.9. The Kier molecular flexibility index (Phi) is 6.28. The third-order valence-electron chi connectivity index (χ3n) is 3.56. The highest BCUT2D eigenvalue weighted by atomic mass is 32.2. The van der Waals surface area contributed by atoms with Gasteiger partial charge in [0.15, 0.2) is 6.10 Å². The minimum Gasteiger partial charge on any atom is -0.449 e. The number of benzene rings is 2. The molecule has 2 rings (SSSR count). The zero-order chi connectivity index (χ0) is 20.0. The van der Waals surface area contributed by atoms with Crippen LogP contribution in [0.5, 0.6) is 0 Å². The summed E-state index contributed by atoms with van der Waals surface area (Å²) in [6.07, 6.45) is -1.13. The van der Waals surface area contributed by atoms with Gasteiger partial charge in [-0.3, -0.25) is 4.79 Å². The highest BCUT2D eigenvalue weighted by molar-refractivity contribution is 7.89. The van der Waals surface area contributed by atoms with Crippen LogP contribution in [0, 0.1) is 11.3 Å². The average Bonchev–Trinajstić information content (AvgIpc) is 2.68. The summed E-state index contributed by atoms with van der Waals surface area (Å²) >= 11 is 0. The fourth-order valence-corrected chi connectivity index (χ4v) is 2.88. The lowest BCUT2D eigenvalue weighted by Gasteiger charge is -2.14. The molecule has 0 bridgehead atoms. The third kappa shape index (κ3) is 5.13. The molecule has 0 spiro atoms. The lowest BCUT2D eigenvalue weighted by atomic mass is 10.2. The van der Waals surface area contributed by atoms with E-state index >= 15 is 0 Å². The highest BCUT2D eigenvalue weighted by Crippen LogP contribution is 2.14. The quantitative estimate of drug-likeness (QED) is 0.726. The first kappa shape index (κ1) is 20.1. The molecule has 140 valence electrons. The summed E-state index contributed by atoms with van der Waals surface area (Å²) in [4.78, 5) is 24.3. The predicted octanol–water partition coefficient (Wildman–Crippen LogP) is 1.65. The first-order chi connectivity index (χ1) is 12.8. The molecule has 0 aliphatic rings. The van der Waals surface area contributed by atoms with Gasteiger partial charge in [0.05, 0.1) is 22.1 Å². The summed E-state index contributed by atoms with van der Waals surface area (Å²) in [6.45, 7) is 1.38. The van der Waals surface area contributed by atoms with Crippen LogP contribution in [0.3, 0.4) is 0 Å². The molecule has 27 heavy (non-hydrogen) atoms. The van der Waals surface area contributed by atoms with Crippen molar-refractivity contribution in [1.29, 1.82) is 5.26 Å². The second kappa shape index (κ2) is 8.44. The monoisotopic (exact) mass is 387 g/mol. The molecule has 0 aliphatic heterocycles. The predicted molar refractivity (Wildman–Crippen MR) is 97.4 cm³/mol. The number of nitrogens with one attached hydrogen (secondary N) is 2. The van der Waals surface area contributed by atoms with E-state index < -0.39 is 28.0 Å². The van der Waals surface area contributed by atoms with Gasteiger partial charge in [-0.15, -0.1) is 0 Å². The van der Waals surface area contributed by atoms with Crippen molar-refractivity contribution in [2.75, 3.05) is 12.4 Å². The second-order valence-electron chi connectivity index (χ2n) is 5.46. The Bertz CT molecular complexity index is 1010. The van der Waals surface area contributed by atoms with Crippen LogP contribution >= 0.6 is 0 Å². The van der Waals surface area contributed by atoms with E-state index in [1.54, 1.807) is 18.2 Å². The summed E-state index contributed by atoms with van der Waals surface area (Å²) in [5.74, 6) is -1.42. The van der Waals surface area contributed by atoms with Gasteiger partial charge in [-0.2, -0.15) is 5.26 Å². The maximum atomic E-state index is 12.2. The lowest BCUT2D eigenvalue weighted by Crippen LogP contribution is -2.30. The minimum atomic E-state index is -3.71. The number of ether oxygens (including phenoxy) is 1. The van der Waals surface area contributed by atoms with Gasteiger partial charge in [0.2, 0.25) is 10.0 Å². The van der Waals surface area contributed by atoms with Crippen molar-refractivity contribution in [3.05, 3.63) is 59.7 Å². The van der Waals surface area contributed by atoms with E-state index in [1.165, 1.54) is 38.2 Å². The van der Waals surface area contributed by atoms with Crippen LogP contribution in [0.25, 0.3) is 0 Å². The molecule has 1 atom stereocenters. The molecular weight excluding hydrogens is 370 g/mol. The second-order valence-corrected chi connectivity index (χ2v) is 7.35. The van der Waals surface area contributed by atoms with Gasteiger partial charge in [0.25, 0.3) is 5.91 Å². The largest absolute Gasteiger partial charge is 0.449 e. The molecule has 2 N–H and O–H groups in total. The molecule has 0 saturated carbocycles. The van der Waals surface area contributed by atoms with Crippen LogP contribution in [-0.4, -0.2) is 33.4 Å². The van der Waals surface area contributed by atoms with Crippen LogP contribution in [0.1, 0.15) is 22.8 Å². The van der Waals surface area contributed by atoms with Crippen molar-refractivity contribution in [3.63, 3.8) is 0 Å². The zero-order valence-electron chi connectivity index (χ0n) is 14.6. The van der Waals surface area contributed by atoms with Crippen molar-refractivity contribution in [3.8, 4) is 6.07 Å². The summed E-state index contributed by atoms with van der Waals surface area (Å²) in [5, 5.41) is 11.4. The molecule has 9 heteroatoms. The maximum absolute atomic E-state index is 12.2. The fourth-order valence-electron chi connectivity index (χ4n) is 2.10. The van der Waals surface area contributed by atoms with E-state index in [4.69, 9.17) is 10.00 Å². The molecule has 8 nitrogen and oxygen atoms in total. The molecule has 2 aromatic carbocycles. The van der Waals surface area contributed by atoms with E-state index in [9.17, 15) is 18.0 Å². The Labute approximate surface area is 156 Å². The highest BCUT2D eigenvalue weighted by Gasteiger charge is 2.21. The molecule has 0 radical (unpaired) electrons. The SMILES string of the molecule is CNS(=O)(=O)c1cccc(C(=O)OC(C)C(=O)Nc2cccc(C#N)c2)c1. The third-order valence-corrected chi connectivity index (χ3v) is 4.97. The van der Waals surface area contributed by atoms with E-state index in [0.717, 1.165) is 6.07 Å². The minimum absolute atomic E-state index is 0.00236. The number of carbonyl (C=O) groups excluding carboxylic acids is 2. The topological polar surface area (TPSA) is 125 Å². The number of carbonyl (C=O) groups is 2. The van der Waals surface area contributed by atoms with Crippen molar-refractivity contribution >= 4 is 27.6 Å². The standard InChI is InChI=1S/C18H17N3O5S/c1-12(17(22)21-15-7-3-5-13(9-15)11-19)26-18(23)14-6-4-8-16(10-14)27(24,25)20-2/h3-10,12,20H,1-2H3,(H,21,22). The molecule has 0 saturated heterocycles. The smallest absolute Gasteiger partial charge is 0.338 e. The first-order valence-electron chi connectivity index (χ1n) is 7.82. The number of amides is 1. The van der Waals surface area contributed by atoms with E-state index in [0.29, 0.717) is 11.3 Å². The maximum Gasteiger partial charge on any atom is 0.338 e. The Morgan fingerprint density at radius 1 is 1.15 bits per heavy atom. The van der Waals surface area contributed by atoms with Gasteiger partial charge in [0, 0.05) is 5.69 Å². The van der Waals surface area contributed by atoms with E-state index in [2.05, 4.69) is 10.0 Å². The van der Waals surface area contributed by atoms with Crippen LogP contribution in [0.4, 0.5) is 5.69 Å². The number of rotatable bonds is 6. The van der Waals surface area contributed by atoms with Gasteiger partial charge in [-0.25, -0.2) is 17.9 Å². The number of hydrogen-bond acceptors (Lipinski definition) is 6. The Balaban J connectivity index is 2.08. The number of sulfonamides is 1. The number of anilines is 1. The summed E-state index contributed by atoms with van der Waals surface area (Å²) in [6, 6.07) is 13.5. The lowest BCUT2D eigenvalue weighted by molar-refractivity contribution is -0.123. The molecule has 0 aliphatic carbocycles. The van der Waals surface area contributed by atoms with E-state index in [1.807, 2.05) is 6.07 Å². The molecule has 1 amide bonds. The molecule has 0 heterocycles. The summed E-state index contributed by atoms with van der Waals surface area (Å²) in [5.41, 5.74) is 0.765. The Morgan fingerprint density at radius 3 is 2.52 bits per heavy atom. The average molecular weight is 387 g/mol. The van der Waals surface area contributed by atoms with Crippen molar-refractivity contribution in [2.24, 2.45) is 0 Å². The van der Waals surface area contributed by atoms with Crippen LogP contribution in [0.2, 0.25) is 0 Å². The fraction of sp³-hybridized carbons (Fsp3) is 0.167. The van der Waals surface area contributed by atoms with Crippen molar-refractivity contribution in [2.45, 2.75) is 17.9 Å². The molecule has 2 aromatic rings. The van der Waals surface area contributed by atoms with Gasteiger partial charge in [-0.1, -0.05) is 12.1 Å².